The largest absolute Gasteiger partial charge is 0.304 e. The number of amides is 1. The van der Waals surface area contributed by atoms with Crippen molar-refractivity contribution < 1.29 is 4.79 Å². The van der Waals surface area contributed by atoms with E-state index in [9.17, 15) is 4.79 Å². The van der Waals surface area contributed by atoms with Crippen LogP contribution in [0.1, 0.15) is 9.67 Å². The summed E-state index contributed by atoms with van der Waals surface area (Å²) < 4.78 is 3.34. The Hall–Kier alpha value is -0.830. The number of carbonyl (C=O) groups is 1. The first kappa shape index (κ1) is 13.2. The van der Waals surface area contributed by atoms with Crippen molar-refractivity contribution in [3.63, 3.8) is 0 Å². The molecule has 3 aromatic rings. The summed E-state index contributed by atoms with van der Waals surface area (Å²) in [4.78, 5) is 21.0. The molecule has 1 N–H and O–H groups in total. The Morgan fingerprint density at radius 1 is 1.32 bits per heavy atom. The number of anilines is 1. The first-order chi connectivity index (χ1) is 9.13. The van der Waals surface area contributed by atoms with Gasteiger partial charge in [0, 0.05) is 9.40 Å². The molecule has 0 saturated carbocycles. The second-order valence-corrected chi connectivity index (χ2v) is 7.14. The number of fused-ring (bicyclic) bond motifs is 1. The molecule has 0 aromatic carbocycles. The smallest absolute Gasteiger partial charge is 0.267 e. The summed E-state index contributed by atoms with van der Waals surface area (Å²) in [5.74, 6) is 0.232. The summed E-state index contributed by atoms with van der Waals surface area (Å²) in [5, 5.41) is 4.75. The molecule has 3 rings (SSSR count). The van der Waals surface area contributed by atoms with E-state index >= 15 is 0 Å². The molecule has 8 heteroatoms. The molecule has 0 spiro atoms. The molecule has 0 aliphatic carbocycles. The van der Waals surface area contributed by atoms with Gasteiger partial charge in [0.05, 0.1) is 11.1 Å². The molecular weight excluding hydrogens is 414 g/mol. The van der Waals surface area contributed by atoms with Crippen molar-refractivity contribution in [1.82, 2.24) is 9.97 Å². The highest BCUT2D eigenvalue weighted by Gasteiger charge is 2.14. The second kappa shape index (κ2) is 5.28. The van der Waals surface area contributed by atoms with Crippen molar-refractivity contribution in [2.24, 2.45) is 0 Å². The lowest BCUT2D eigenvalue weighted by Crippen LogP contribution is -2.12. The molecule has 19 heavy (non-hydrogen) atoms. The molecule has 0 radical (unpaired) electrons. The second-order valence-electron chi connectivity index (χ2n) is 3.55. The molecule has 96 valence electrons. The van der Waals surface area contributed by atoms with Crippen LogP contribution < -0.4 is 5.32 Å². The van der Waals surface area contributed by atoms with Gasteiger partial charge in [-0.3, -0.25) is 4.79 Å². The fraction of sp³-hybridized carbons (Fsp3) is 0. The number of nitrogens with one attached hydrogen (secondary N) is 1. The van der Waals surface area contributed by atoms with Crippen LogP contribution in [0.2, 0.25) is 0 Å². The van der Waals surface area contributed by atoms with E-state index in [-0.39, 0.29) is 5.91 Å². The van der Waals surface area contributed by atoms with E-state index in [1.807, 2.05) is 17.5 Å². The Morgan fingerprint density at radius 3 is 2.89 bits per heavy atom. The van der Waals surface area contributed by atoms with Gasteiger partial charge in [0.1, 0.15) is 9.21 Å². The Kier molecular flexibility index (Phi) is 3.66. The van der Waals surface area contributed by atoms with Gasteiger partial charge in [-0.15, -0.1) is 22.7 Å². The predicted octanol–water partition coefficient (Wildman–Crippen LogP) is 4.53. The molecular formula is C11H5Br2N3OS2. The van der Waals surface area contributed by atoms with Crippen molar-refractivity contribution in [2.45, 2.75) is 0 Å². The first-order valence-corrected chi connectivity index (χ1v) is 8.38. The summed E-state index contributed by atoms with van der Waals surface area (Å²) in [6.07, 6.45) is 1.54. The molecule has 1 amide bonds. The summed E-state index contributed by atoms with van der Waals surface area (Å²) in [6.45, 7) is 0. The fourth-order valence-electron chi connectivity index (χ4n) is 1.48. The molecule has 3 heterocycles. The van der Waals surface area contributed by atoms with Gasteiger partial charge >= 0.3 is 0 Å². The van der Waals surface area contributed by atoms with Crippen molar-refractivity contribution in [3.05, 3.63) is 37.8 Å². The molecule has 0 fully saturated rings. The van der Waals surface area contributed by atoms with E-state index in [0.717, 1.165) is 9.40 Å². The highest BCUT2D eigenvalue weighted by Crippen LogP contribution is 2.30. The van der Waals surface area contributed by atoms with E-state index < -0.39 is 0 Å². The van der Waals surface area contributed by atoms with Gasteiger partial charge < -0.3 is 5.32 Å². The molecule has 0 saturated heterocycles. The number of carbonyl (C=O) groups excluding carboxylic acids is 1. The number of hydrogen-bond acceptors (Lipinski definition) is 5. The van der Waals surface area contributed by atoms with Gasteiger partial charge in [0.25, 0.3) is 5.91 Å². The lowest BCUT2D eigenvalue weighted by Gasteiger charge is -2.04. The maximum absolute atomic E-state index is 12.1. The Morgan fingerprint density at radius 2 is 2.16 bits per heavy atom. The monoisotopic (exact) mass is 417 g/mol. The third kappa shape index (κ3) is 2.71. The zero-order chi connectivity index (χ0) is 13.4. The highest BCUT2D eigenvalue weighted by atomic mass is 79.9. The van der Waals surface area contributed by atoms with Gasteiger partial charge in [0.15, 0.2) is 5.82 Å². The fourth-order valence-corrected chi connectivity index (χ4v) is 4.39. The quantitative estimate of drug-likeness (QED) is 0.665. The van der Waals surface area contributed by atoms with Crippen molar-refractivity contribution in [3.8, 4) is 0 Å². The molecule has 0 aliphatic heterocycles. The molecule has 4 nitrogen and oxygen atoms in total. The van der Waals surface area contributed by atoms with Crippen molar-refractivity contribution >= 4 is 75.7 Å². The molecule has 0 aliphatic rings. The van der Waals surface area contributed by atoms with E-state index in [2.05, 4.69) is 47.1 Å². The number of thiophene rings is 2. The molecule has 0 atom stereocenters. The SMILES string of the molecule is O=C(Nc1ncc(Br)nc1Br)c1cc2sccc2s1. The van der Waals surface area contributed by atoms with E-state index in [1.54, 1.807) is 11.3 Å². The van der Waals surface area contributed by atoms with Crippen LogP contribution in [0.4, 0.5) is 5.82 Å². The maximum Gasteiger partial charge on any atom is 0.267 e. The van der Waals surface area contributed by atoms with Crippen molar-refractivity contribution in [2.75, 3.05) is 5.32 Å². The average molecular weight is 419 g/mol. The van der Waals surface area contributed by atoms with Gasteiger partial charge in [0.2, 0.25) is 0 Å². The van der Waals surface area contributed by atoms with Crippen LogP contribution >= 0.6 is 54.5 Å². The van der Waals surface area contributed by atoms with Gasteiger partial charge in [-0.1, -0.05) is 0 Å². The molecule has 0 unspecified atom stereocenters. The lowest BCUT2D eigenvalue weighted by atomic mass is 10.4. The van der Waals surface area contributed by atoms with Gasteiger partial charge in [-0.05, 0) is 49.4 Å². The zero-order valence-corrected chi connectivity index (χ0v) is 14.0. The number of halogens is 2. The third-order valence-electron chi connectivity index (χ3n) is 2.30. The van der Waals surface area contributed by atoms with Crippen LogP contribution in [0.15, 0.2) is 32.9 Å². The minimum atomic E-state index is -0.175. The van der Waals surface area contributed by atoms with Gasteiger partial charge in [-0.25, -0.2) is 9.97 Å². The average Bonchev–Trinajstić information content (AvgIpc) is 2.93. The normalized spacial score (nSPS) is 10.8. The first-order valence-electron chi connectivity index (χ1n) is 5.10. The predicted molar refractivity (Wildman–Crippen MR) is 85.1 cm³/mol. The summed E-state index contributed by atoms with van der Waals surface area (Å²) in [6, 6.07) is 3.90. The standard InChI is InChI=1S/C11H5Br2N3OS2/c12-8-4-14-10(9(13)15-8)16-11(17)7-3-6-5(19-7)1-2-18-6/h1-4H,(H,14,16,17). The van der Waals surface area contributed by atoms with E-state index in [0.29, 0.717) is 19.9 Å². The van der Waals surface area contributed by atoms with Crippen LogP contribution in [0.3, 0.4) is 0 Å². The van der Waals surface area contributed by atoms with E-state index in [1.165, 1.54) is 17.5 Å². The minimum Gasteiger partial charge on any atom is -0.304 e. The van der Waals surface area contributed by atoms with Crippen LogP contribution in [-0.2, 0) is 0 Å². The number of hydrogen-bond donors (Lipinski definition) is 1. The summed E-state index contributed by atoms with van der Waals surface area (Å²) >= 11 is 9.56. The topological polar surface area (TPSA) is 54.9 Å². The number of aromatic nitrogens is 2. The number of nitrogens with zero attached hydrogens (tertiary/aromatic N) is 2. The van der Waals surface area contributed by atoms with E-state index in [4.69, 9.17) is 0 Å². The maximum atomic E-state index is 12.1. The summed E-state index contributed by atoms with van der Waals surface area (Å²) in [5.41, 5.74) is 0. The van der Waals surface area contributed by atoms with Crippen LogP contribution in [0.5, 0.6) is 0 Å². The highest BCUT2D eigenvalue weighted by molar-refractivity contribution is 9.11. The van der Waals surface area contributed by atoms with Crippen LogP contribution in [0, 0.1) is 0 Å². The third-order valence-corrected chi connectivity index (χ3v) is 5.32. The zero-order valence-electron chi connectivity index (χ0n) is 9.18. The van der Waals surface area contributed by atoms with Crippen LogP contribution in [0.25, 0.3) is 9.40 Å². The lowest BCUT2D eigenvalue weighted by molar-refractivity contribution is 0.103. The van der Waals surface area contributed by atoms with Gasteiger partial charge in [-0.2, -0.15) is 0 Å². The Balaban J connectivity index is 1.86. The van der Waals surface area contributed by atoms with Crippen LogP contribution in [-0.4, -0.2) is 15.9 Å². The molecule has 0 bridgehead atoms. The minimum absolute atomic E-state index is 0.175. The van der Waals surface area contributed by atoms with Crippen molar-refractivity contribution in [1.29, 1.82) is 0 Å². The summed E-state index contributed by atoms with van der Waals surface area (Å²) in [7, 11) is 0. The Labute approximate surface area is 133 Å². The Bertz CT molecular complexity index is 740. The number of rotatable bonds is 2. The molecule has 3 aromatic heterocycles.